The van der Waals surface area contributed by atoms with Gasteiger partial charge in [0.25, 0.3) is 0 Å². The Hall–Kier alpha value is -3.10. The Labute approximate surface area is 187 Å². The monoisotopic (exact) mass is 439 g/mol. The third kappa shape index (κ3) is 5.77. The topological polar surface area (TPSA) is 89.1 Å². The molecule has 0 spiro atoms. The standard InChI is InChI=1S/C24H29N3O5/c1-17-16-19(4-7-22(17)32-21-8-12-30-13-9-21)26-24(29)23(28)25-18-2-5-20(6-3-18)27-10-14-31-15-11-27/h2-7,16,21H,8-15H2,1H3,(H,25,28)(H,26,29). The van der Waals surface area contributed by atoms with E-state index in [-0.39, 0.29) is 6.10 Å². The van der Waals surface area contributed by atoms with Crippen LogP contribution in [0.1, 0.15) is 18.4 Å². The number of nitrogens with zero attached hydrogens (tertiary/aromatic N) is 1. The van der Waals surface area contributed by atoms with E-state index in [1.807, 2.05) is 25.1 Å². The fourth-order valence-electron chi connectivity index (χ4n) is 3.79. The molecule has 2 aliphatic heterocycles. The molecule has 0 aliphatic carbocycles. The SMILES string of the molecule is Cc1cc(NC(=O)C(=O)Nc2ccc(N3CCOCC3)cc2)ccc1OC1CCOCC1. The van der Waals surface area contributed by atoms with E-state index in [0.29, 0.717) is 37.8 Å². The molecule has 32 heavy (non-hydrogen) atoms. The minimum absolute atomic E-state index is 0.142. The number of morpholine rings is 1. The van der Waals surface area contributed by atoms with Crippen LogP contribution in [0.3, 0.4) is 0 Å². The van der Waals surface area contributed by atoms with E-state index in [4.69, 9.17) is 14.2 Å². The van der Waals surface area contributed by atoms with Crippen molar-refractivity contribution >= 4 is 28.9 Å². The van der Waals surface area contributed by atoms with Crippen molar-refractivity contribution in [2.45, 2.75) is 25.9 Å². The zero-order valence-electron chi connectivity index (χ0n) is 18.3. The summed E-state index contributed by atoms with van der Waals surface area (Å²) in [5.74, 6) is -0.663. The van der Waals surface area contributed by atoms with Gasteiger partial charge < -0.3 is 29.7 Å². The molecule has 0 bridgehead atoms. The fourth-order valence-corrected chi connectivity index (χ4v) is 3.79. The van der Waals surface area contributed by atoms with E-state index in [0.717, 1.165) is 42.9 Å². The lowest BCUT2D eigenvalue weighted by atomic mass is 10.1. The van der Waals surface area contributed by atoms with Crippen molar-refractivity contribution in [2.24, 2.45) is 0 Å². The summed E-state index contributed by atoms with van der Waals surface area (Å²) >= 11 is 0. The number of carbonyl (C=O) groups is 2. The summed E-state index contributed by atoms with van der Waals surface area (Å²) in [5.41, 5.74) is 3.07. The molecule has 170 valence electrons. The van der Waals surface area contributed by atoms with Crippen molar-refractivity contribution < 1.29 is 23.8 Å². The van der Waals surface area contributed by atoms with E-state index in [9.17, 15) is 9.59 Å². The summed E-state index contributed by atoms with van der Waals surface area (Å²) in [4.78, 5) is 26.9. The van der Waals surface area contributed by atoms with Crippen LogP contribution in [-0.2, 0) is 19.1 Å². The Morgan fingerprint density at radius 1 is 0.875 bits per heavy atom. The van der Waals surface area contributed by atoms with Crippen LogP contribution in [0.5, 0.6) is 5.75 Å². The van der Waals surface area contributed by atoms with Gasteiger partial charge >= 0.3 is 11.8 Å². The highest BCUT2D eigenvalue weighted by atomic mass is 16.5. The number of nitrogens with one attached hydrogen (secondary N) is 2. The molecular formula is C24H29N3O5. The second-order valence-electron chi connectivity index (χ2n) is 7.96. The summed E-state index contributed by atoms with van der Waals surface area (Å²) < 4.78 is 16.8. The first kappa shape index (κ1) is 22.1. The lowest BCUT2D eigenvalue weighted by Gasteiger charge is -2.28. The van der Waals surface area contributed by atoms with E-state index in [1.165, 1.54) is 0 Å². The van der Waals surface area contributed by atoms with Crippen molar-refractivity contribution in [1.29, 1.82) is 0 Å². The Morgan fingerprint density at radius 3 is 2.12 bits per heavy atom. The van der Waals surface area contributed by atoms with Gasteiger partial charge in [0.1, 0.15) is 11.9 Å². The van der Waals surface area contributed by atoms with Crippen LogP contribution in [0.15, 0.2) is 42.5 Å². The smallest absolute Gasteiger partial charge is 0.314 e. The predicted octanol–water partition coefficient (Wildman–Crippen LogP) is 2.97. The largest absolute Gasteiger partial charge is 0.490 e. The van der Waals surface area contributed by atoms with Gasteiger partial charge in [-0.1, -0.05) is 0 Å². The second kappa shape index (κ2) is 10.5. The van der Waals surface area contributed by atoms with Crippen molar-refractivity contribution in [3.05, 3.63) is 48.0 Å². The number of amides is 2. The normalized spacial score (nSPS) is 17.0. The maximum Gasteiger partial charge on any atom is 0.314 e. The van der Waals surface area contributed by atoms with Crippen molar-refractivity contribution in [1.82, 2.24) is 0 Å². The molecule has 2 aromatic rings. The molecular weight excluding hydrogens is 410 g/mol. The van der Waals surface area contributed by atoms with Crippen LogP contribution in [0.4, 0.5) is 17.1 Å². The first-order valence-corrected chi connectivity index (χ1v) is 11.0. The quantitative estimate of drug-likeness (QED) is 0.697. The minimum Gasteiger partial charge on any atom is -0.490 e. The molecule has 2 aliphatic rings. The average Bonchev–Trinajstić information content (AvgIpc) is 2.82. The minimum atomic E-state index is -0.722. The van der Waals surface area contributed by atoms with Gasteiger partial charge in [-0.3, -0.25) is 9.59 Å². The number of aryl methyl sites for hydroxylation is 1. The summed E-state index contributed by atoms with van der Waals surface area (Å²) in [7, 11) is 0. The molecule has 2 heterocycles. The number of rotatable bonds is 5. The fraction of sp³-hybridized carbons (Fsp3) is 0.417. The first-order valence-electron chi connectivity index (χ1n) is 11.0. The third-order valence-corrected chi connectivity index (χ3v) is 5.60. The van der Waals surface area contributed by atoms with E-state index >= 15 is 0 Å². The maximum atomic E-state index is 12.4. The molecule has 0 aromatic heterocycles. The van der Waals surface area contributed by atoms with E-state index in [1.54, 1.807) is 24.3 Å². The molecule has 2 amide bonds. The second-order valence-corrected chi connectivity index (χ2v) is 7.96. The van der Waals surface area contributed by atoms with Gasteiger partial charge in [0, 0.05) is 43.0 Å². The Balaban J connectivity index is 1.30. The number of ether oxygens (including phenoxy) is 3. The molecule has 0 radical (unpaired) electrons. The Morgan fingerprint density at radius 2 is 1.47 bits per heavy atom. The van der Waals surface area contributed by atoms with Crippen molar-refractivity contribution in [2.75, 3.05) is 55.1 Å². The van der Waals surface area contributed by atoms with Crippen LogP contribution < -0.4 is 20.3 Å². The first-order chi connectivity index (χ1) is 15.6. The number of hydrogen-bond donors (Lipinski definition) is 2. The van der Waals surface area contributed by atoms with Gasteiger partial charge in [-0.25, -0.2) is 0 Å². The van der Waals surface area contributed by atoms with Gasteiger partial charge in [0.15, 0.2) is 0 Å². The Kier molecular flexibility index (Phi) is 7.24. The number of benzene rings is 2. The highest BCUT2D eigenvalue weighted by Crippen LogP contribution is 2.25. The van der Waals surface area contributed by atoms with Gasteiger partial charge in [-0.05, 0) is 55.0 Å². The molecule has 0 unspecified atom stereocenters. The van der Waals surface area contributed by atoms with Gasteiger partial charge in [-0.2, -0.15) is 0 Å². The zero-order valence-corrected chi connectivity index (χ0v) is 18.3. The zero-order chi connectivity index (χ0) is 22.3. The average molecular weight is 440 g/mol. The number of hydrogen-bond acceptors (Lipinski definition) is 6. The molecule has 4 rings (SSSR count). The Bertz CT molecular complexity index is 935. The van der Waals surface area contributed by atoms with Crippen LogP contribution in [0.2, 0.25) is 0 Å². The summed E-state index contributed by atoms with van der Waals surface area (Å²) in [6.45, 7) is 6.44. The van der Waals surface area contributed by atoms with Crippen LogP contribution in [0.25, 0.3) is 0 Å². The van der Waals surface area contributed by atoms with Crippen molar-refractivity contribution in [3.63, 3.8) is 0 Å². The number of anilines is 3. The molecule has 2 saturated heterocycles. The molecule has 8 heteroatoms. The molecule has 2 N–H and O–H groups in total. The van der Waals surface area contributed by atoms with E-state index in [2.05, 4.69) is 15.5 Å². The predicted molar refractivity (Wildman–Crippen MR) is 122 cm³/mol. The van der Waals surface area contributed by atoms with Crippen LogP contribution in [-0.4, -0.2) is 57.4 Å². The summed E-state index contributed by atoms with van der Waals surface area (Å²) in [6, 6.07) is 12.8. The molecule has 0 atom stereocenters. The van der Waals surface area contributed by atoms with Crippen LogP contribution in [0, 0.1) is 6.92 Å². The molecule has 8 nitrogen and oxygen atoms in total. The highest BCUT2D eigenvalue weighted by Gasteiger charge is 2.18. The summed E-state index contributed by atoms with van der Waals surface area (Å²) in [5, 5.41) is 5.29. The van der Waals surface area contributed by atoms with Gasteiger partial charge in [-0.15, -0.1) is 0 Å². The summed E-state index contributed by atoms with van der Waals surface area (Å²) in [6.07, 6.45) is 1.88. The van der Waals surface area contributed by atoms with E-state index < -0.39 is 11.8 Å². The van der Waals surface area contributed by atoms with Gasteiger partial charge in [0.2, 0.25) is 0 Å². The lowest BCUT2D eigenvalue weighted by Crippen LogP contribution is -2.36. The maximum absolute atomic E-state index is 12.4. The van der Waals surface area contributed by atoms with Crippen molar-refractivity contribution in [3.8, 4) is 5.75 Å². The molecule has 0 saturated carbocycles. The van der Waals surface area contributed by atoms with Gasteiger partial charge in [0.05, 0.1) is 26.4 Å². The highest BCUT2D eigenvalue weighted by molar-refractivity contribution is 6.43. The molecule has 2 aromatic carbocycles. The number of carbonyl (C=O) groups excluding carboxylic acids is 2. The van der Waals surface area contributed by atoms with Crippen LogP contribution >= 0.6 is 0 Å². The molecule has 2 fully saturated rings. The third-order valence-electron chi connectivity index (χ3n) is 5.60. The lowest BCUT2D eigenvalue weighted by molar-refractivity contribution is -0.132.